The van der Waals surface area contributed by atoms with E-state index in [9.17, 15) is 0 Å². The van der Waals surface area contributed by atoms with Crippen molar-refractivity contribution in [3.8, 4) is 0 Å². The molecular formula is C14H29NO3. The van der Waals surface area contributed by atoms with Crippen molar-refractivity contribution in [2.75, 3.05) is 39.6 Å². The predicted molar refractivity (Wildman–Crippen MR) is 72.8 cm³/mol. The van der Waals surface area contributed by atoms with Gasteiger partial charge >= 0.3 is 0 Å². The van der Waals surface area contributed by atoms with E-state index in [-0.39, 0.29) is 5.54 Å². The highest BCUT2D eigenvalue weighted by Gasteiger charge is 2.31. The molecule has 4 nitrogen and oxygen atoms in total. The normalized spacial score (nSPS) is 17.7. The molecule has 1 rings (SSSR count). The molecule has 108 valence electrons. The van der Waals surface area contributed by atoms with Crippen LogP contribution in [0, 0.1) is 0 Å². The first kappa shape index (κ1) is 15.9. The molecular weight excluding hydrogens is 230 g/mol. The minimum absolute atomic E-state index is 0.0774. The molecule has 0 radical (unpaired) electrons. The van der Waals surface area contributed by atoms with E-state index in [1.165, 1.54) is 12.8 Å². The fourth-order valence-electron chi connectivity index (χ4n) is 1.94. The van der Waals surface area contributed by atoms with E-state index in [0.29, 0.717) is 26.4 Å². The number of rotatable bonds is 12. The molecule has 1 aliphatic rings. The van der Waals surface area contributed by atoms with Crippen LogP contribution in [-0.4, -0.2) is 45.2 Å². The summed E-state index contributed by atoms with van der Waals surface area (Å²) in [6, 6.07) is 0. The minimum Gasteiger partial charge on any atom is -0.379 e. The molecule has 1 fully saturated rings. The molecule has 1 aliphatic carbocycles. The van der Waals surface area contributed by atoms with Gasteiger partial charge in [0.05, 0.1) is 26.4 Å². The smallest absolute Gasteiger partial charge is 0.0701 e. The van der Waals surface area contributed by atoms with Crippen LogP contribution in [0.5, 0.6) is 0 Å². The van der Waals surface area contributed by atoms with Crippen molar-refractivity contribution in [2.24, 2.45) is 5.73 Å². The Bertz CT molecular complexity index is 195. The van der Waals surface area contributed by atoms with Gasteiger partial charge in [-0.3, -0.25) is 0 Å². The number of ether oxygens (including phenoxy) is 3. The van der Waals surface area contributed by atoms with Crippen LogP contribution in [-0.2, 0) is 14.2 Å². The predicted octanol–water partition coefficient (Wildman–Crippen LogP) is 2.11. The van der Waals surface area contributed by atoms with E-state index in [1.54, 1.807) is 0 Å². The molecule has 2 N–H and O–H groups in total. The molecule has 0 aromatic carbocycles. The fraction of sp³-hybridized carbons (Fsp3) is 1.00. The lowest BCUT2D eigenvalue weighted by atomic mass is 9.76. The highest BCUT2D eigenvalue weighted by Crippen LogP contribution is 2.31. The SMILES string of the molecule is CCCCOCCOCCOCCC1(N)CCC1. The van der Waals surface area contributed by atoms with Crippen LogP contribution in [0.15, 0.2) is 0 Å². The van der Waals surface area contributed by atoms with E-state index < -0.39 is 0 Å². The van der Waals surface area contributed by atoms with Gasteiger partial charge in [-0.25, -0.2) is 0 Å². The van der Waals surface area contributed by atoms with Gasteiger partial charge < -0.3 is 19.9 Å². The average Bonchev–Trinajstić information content (AvgIpc) is 2.34. The lowest BCUT2D eigenvalue weighted by molar-refractivity contribution is 0.00859. The molecule has 0 amide bonds. The van der Waals surface area contributed by atoms with Crippen molar-refractivity contribution in [3.05, 3.63) is 0 Å². The first-order chi connectivity index (χ1) is 8.77. The molecule has 4 heteroatoms. The van der Waals surface area contributed by atoms with Crippen molar-refractivity contribution in [1.29, 1.82) is 0 Å². The summed E-state index contributed by atoms with van der Waals surface area (Å²) in [5.74, 6) is 0. The Hall–Kier alpha value is -0.160. The van der Waals surface area contributed by atoms with Gasteiger partial charge in [0.1, 0.15) is 0 Å². The molecule has 0 bridgehead atoms. The zero-order chi connectivity index (χ0) is 13.1. The van der Waals surface area contributed by atoms with Crippen LogP contribution in [0.1, 0.15) is 45.4 Å². The zero-order valence-electron chi connectivity index (χ0n) is 11.8. The molecule has 0 unspecified atom stereocenters. The van der Waals surface area contributed by atoms with Crippen molar-refractivity contribution in [1.82, 2.24) is 0 Å². The van der Waals surface area contributed by atoms with Gasteiger partial charge in [-0.05, 0) is 32.1 Å². The third kappa shape index (κ3) is 7.31. The second-order valence-corrected chi connectivity index (χ2v) is 5.16. The van der Waals surface area contributed by atoms with Crippen molar-refractivity contribution in [2.45, 2.75) is 51.0 Å². The van der Waals surface area contributed by atoms with Crippen LogP contribution < -0.4 is 5.73 Å². The monoisotopic (exact) mass is 259 g/mol. The van der Waals surface area contributed by atoms with Gasteiger partial charge in [0.25, 0.3) is 0 Å². The maximum absolute atomic E-state index is 6.10. The van der Waals surface area contributed by atoms with E-state index in [0.717, 1.165) is 38.9 Å². The summed E-state index contributed by atoms with van der Waals surface area (Å²) >= 11 is 0. The quantitative estimate of drug-likeness (QED) is 0.545. The summed E-state index contributed by atoms with van der Waals surface area (Å²) in [5.41, 5.74) is 6.17. The van der Waals surface area contributed by atoms with Gasteiger partial charge in [-0.15, -0.1) is 0 Å². The number of hydrogen-bond acceptors (Lipinski definition) is 4. The van der Waals surface area contributed by atoms with E-state index in [2.05, 4.69) is 6.92 Å². The Labute approximate surface area is 111 Å². The molecule has 0 aliphatic heterocycles. The van der Waals surface area contributed by atoms with Gasteiger partial charge in [0.2, 0.25) is 0 Å². The Balaban J connectivity index is 1.71. The first-order valence-electron chi connectivity index (χ1n) is 7.29. The summed E-state index contributed by atoms with van der Waals surface area (Å²) in [7, 11) is 0. The van der Waals surface area contributed by atoms with Crippen LogP contribution in [0.25, 0.3) is 0 Å². The van der Waals surface area contributed by atoms with E-state index in [4.69, 9.17) is 19.9 Å². The third-order valence-electron chi connectivity index (χ3n) is 3.48. The molecule has 0 saturated heterocycles. The van der Waals surface area contributed by atoms with E-state index in [1.807, 2.05) is 0 Å². The molecule has 0 aromatic heterocycles. The van der Waals surface area contributed by atoms with Crippen molar-refractivity contribution in [3.63, 3.8) is 0 Å². The Kier molecular flexibility index (Phi) is 8.59. The topological polar surface area (TPSA) is 53.7 Å². The lowest BCUT2D eigenvalue weighted by Crippen LogP contribution is -2.47. The number of unbranched alkanes of at least 4 members (excludes halogenated alkanes) is 1. The Morgan fingerprint density at radius 1 is 0.889 bits per heavy atom. The maximum Gasteiger partial charge on any atom is 0.0701 e. The highest BCUT2D eigenvalue weighted by molar-refractivity contribution is 4.91. The summed E-state index contributed by atoms with van der Waals surface area (Å²) in [5, 5.41) is 0. The lowest BCUT2D eigenvalue weighted by Gasteiger charge is -2.38. The van der Waals surface area contributed by atoms with Crippen LogP contribution in [0.2, 0.25) is 0 Å². The summed E-state index contributed by atoms with van der Waals surface area (Å²) < 4.78 is 16.3. The molecule has 0 aromatic rings. The molecule has 0 heterocycles. The minimum atomic E-state index is 0.0774. The summed E-state index contributed by atoms with van der Waals surface area (Å²) in [4.78, 5) is 0. The van der Waals surface area contributed by atoms with Gasteiger partial charge in [0, 0.05) is 18.8 Å². The van der Waals surface area contributed by atoms with Crippen LogP contribution in [0.3, 0.4) is 0 Å². The summed E-state index contributed by atoms with van der Waals surface area (Å²) in [6.07, 6.45) is 6.87. The van der Waals surface area contributed by atoms with Gasteiger partial charge in [-0.1, -0.05) is 13.3 Å². The standard InChI is InChI=1S/C14H29NO3/c1-2-3-8-16-10-12-18-13-11-17-9-7-14(15)5-4-6-14/h2-13,15H2,1H3. The van der Waals surface area contributed by atoms with Crippen molar-refractivity contribution < 1.29 is 14.2 Å². The van der Waals surface area contributed by atoms with Gasteiger partial charge in [-0.2, -0.15) is 0 Å². The molecule has 18 heavy (non-hydrogen) atoms. The van der Waals surface area contributed by atoms with E-state index >= 15 is 0 Å². The maximum atomic E-state index is 6.10. The number of nitrogens with two attached hydrogens (primary N) is 1. The van der Waals surface area contributed by atoms with Crippen LogP contribution >= 0.6 is 0 Å². The highest BCUT2D eigenvalue weighted by atomic mass is 16.5. The number of hydrogen-bond donors (Lipinski definition) is 1. The Morgan fingerprint density at radius 2 is 1.44 bits per heavy atom. The fourth-order valence-corrected chi connectivity index (χ4v) is 1.94. The average molecular weight is 259 g/mol. The zero-order valence-corrected chi connectivity index (χ0v) is 11.8. The molecule has 0 spiro atoms. The second-order valence-electron chi connectivity index (χ2n) is 5.16. The largest absolute Gasteiger partial charge is 0.379 e. The Morgan fingerprint density at radius 3 is 1.94 bits per heavy atom. The molecule has 1 saturated carbocycles. The van der Waals surface area contributed by atoms with Crippen LogP contribution in [0.4, 0.5) is 0 Å². The second kappa shape index (κ2) is 9.73. The third-order valence-corrected chi connectivity index (χ3v) is 3.48. The van der Waals surface area contributed by atoms with Gasteiger partial charge in [0.15, 0.2) is 0 Å². The first-order valence-corrected chi connectivity index (χ1v) is 7.29. The summed E-state index contributed by atoms with van der Waals surface area (Å²) in [6.45, 7) is 6.41. The molecule has 0 atom stereocenters. The van der Waals surface area contributed by atoms with Crippen molar-refractivity contribution >= 4 is 0 Å².